The molecule has 100 valence electrons. The molecule has 0 aliphatic carbocycles. The van der Waals surface area contributed by atoms with Gasteiger partial charge in [-0.1, -0.05) is 6.07 Å². The maximum absolute atomic E-state index is 5.97. The Labute approximate surface area is 115 Å². The van der Waals surface area contributed by atoms with Crippen LogP contribution in [0.15, 0.2) is 24.5 Å². The van der Waals surface area contributed by atoms with Crippen LogP contribution in [0.25, 0.3) is 11.1 Å². The predicted octanol–water partition coefficient (Wildman–Crippen LogP) is 1.45. The van der Waals surface area contributed by atoms with Crippen LogP contribution in [0, 0.1) is 0 Å². The summed E-state index contributed by atoms with van der Waals surface area (Å²) in [5.74, 6) is 0.536. The summed E-state index contributed by atoms with van der Waals surface area (Å²) in [5, 5.41) is 3.07. The fourth-order valence-corrected chi connectivity index (χ4v) is 2.75. The van der Waals surface area contributed by atoms with Gasteiger partial charge in [-0.15, -0.1) is 0 Å². The van der Waals surface area contributed by atoms with Crippen molar-refractivity contribution in [1.29, 1.82) is 0 Å². The zero-order chi connectivity index (χ0) is 13.1. The number of hydrogen-bond acceptors (Lipinski definition) is 7. The van der Waals surface area contributed by atoms with Gasteiger partial charge in [0.05, 0.1) is 18.8 Å². The van der Waals surface area contributed by atoms with Gasteiger partial charge >= 0.3 is 0 Å². The van der Waals surface area contributed by atoms with E-state index < -0.39 is 0 Å². The molecule has 0 spiro atoms. The van der Waals surface area contributed by atoms with Crippen LogP contribution in [0.2, 0.25) is 0 Å². The van der Waals surface area contributed by atoms with E-state index in [9.17, 15) is 0 Å². The molecule has 0 unspecified atom stereocenters. The molecule has 0 aromatic carbocycles. The molecule has 3 heterocycles. The number of pyridine rings is 1. The minimum absolute atomic E-state index is 0.536. The molecule has 2 aromatic heterocycles. The summed E-state index contributed by atoms with van der Waals surface area (Å²) in [6.45, 7) is 3.18. The molecule has 7 heteroatoms. The number of hydrogen-bond donors (Lipinski definition) is 2. The number of nitrogens with one attached hydrogen (secondary N) is 1. The van der Waals surface area contributed by atoms with Gasteiger partial charge in [-0.3, -0.25) is 4.98 Å². The largest absolute Gasteiger partial charge is 0.382 e. The predicted molar refractivity (Wildman–Crippen MR) is 75.8 cm³/mol. The molecule has 19 heavy (non-hydrogen) atoms. The molecule has 1 aliphatic heterocycles. The van der Waals surface area contributed by atoms with Crippen molar-refractivity contribution in [3.63, 3.8) is 0 Å². The summed E-state index contributed by atoms with van der Waals surface area (Å²) in [4.78, 5) is 4.13. The Morgan fingerprint density at radius 2 is 2.21 bits per heavy atom. The van der Waals surface area contributed by atoms with E-state index >= 15 is 0 Å². The highest BCUT2D eigenvalue weighted by atomic mass is 32.1. The summed E-state index contributed by atoms with van der Waals surface area (Å²) in [5.41, 5.74) is 11.2. The van der Waals surface area contributed by atoms with Gasteiger partial charge in [0.2, 0.25) is 0 Å². The zero-order valence-corrected chi connectivity index (χ0v) is 11.2. The molecule has 0 atom stereocenters. The van der Waals surface area contributed by atoms with E-state index in [0.29, 0.717) is 5.82 Å². The number of nitrogens with two attached hydrogens (primary N) is 1. The third-order valence-electron chi connectivity index (χ3n) is 2.94. The van der Waals surface area contributed by atoms with E-state index in [1.807, 2.05) is 12.1 Å². The average molecular weight is 277 g/mol. The van der Waals surface area contributed by atoms with Crippen molar-refractivity contribution < 1.29 is 4.74 Å². The first-order chi connectivity index (χ1) is 9.34. The van der Waals surface area contributed by atoms with Crippen LogP contribution in [-0.4, -0.2) is 40.7 Å². The van der Waals surface area contributed by atoms with Gasteiger partial charge in [0, 0.05) is 31.0 Å². The van der Waals surface area contributed by atoms with E-state index in [1.54, 1.807) is 12.4 Å². The van der Waals surface area contributed by atoms with E-state index in [1.165, 1.54) is 11.5 Å². The third-order valence-corrected chi connectivity index (χ3v) is 3.71. The molecule has 1 fully saturated rings. The molecule has 0 bridgehead atoms. The standard InChI is InChI=1S/C12H15N5OS/c13-11-10(9-2-1-3-14-8-9)12(19-16-11)15-17-4-6-18-7-5-17/h1-3,8,15H,4-7H2,(H2,13,16). The lowest BCUT2D eigenvalue weighted by molar-refractivity contribution is 0.0499. The van der Waals surface area contributed by atoms with Crippen LogP contribution in [0.5, 0.6) is 0 Å². The van der Waals surface area contributed by atoms with E-state index in [2.05, 4.69) is 19.8 Å². The molecule has 0 radical (unpaired) electrons. The Kier molecular flexibility index (Phi) is 3.58. The summed E-state index contributed by atoms with van der Waals surface area (Å²) in [7, 11) is 0. The first-order valence-corrected chi connectivity index (χ1v) is 6.87. The van der Waals surface area contributed by atoms with E-state index in [0.717, 1.165) is 42.4 Å². The van der Waals surface area contributed by atoms with Crippen molar-refractivity contribution in [3.05, 3.63) is 24.5 Å². The van der Waals surface area contributed by atoms with Crippen molar-refractivity contribution >= 4 is 22.4 Å². The van der Waals surface area contributed by atoms with Crippen molar-refractivity contribution in [2.45, 2.75) is 0 Å². The third kappa shape index (κ3) is 2.67. The number of nitrogens with zero attached hydrogens (tertiary/aromatic N) is 3. The maximum Gasteiger partial charge on any atom is 0.147 e. The number of ether oxygens (including phenoxy) is 1. The summed E-state index contributed by atoms with van der Waals surface area (Å²) in [6.07, 6.45) is 3.54. The number of anilines is 2. The Hall–Kier alpha value is -1.70. The number of rotatable bonds is 3. The summed E-state index contributed by atoms with van der Waals surface area (Å²) >= 11 is 1.37. The number of morpholine rings is 1. The van der Waals surface area contributed by atoms with Crippen LogP contribution in [0.4, 0.5) is 10.8 Å². The molecule has 1 saturated heterocycles. The average Bonchev–Trinajstić information content (AvgIpc) is 2.82. The summed E-state index contributed by atoms with van der Waals surface area (Å²) in [6, 6.07) is 3.88. The van der Waals surface area contributed by atoms with Gasteiger partial charge in [0.15, 0.2) is 0 Å². The van der Waals surface area contributed by atoms with Gasteiger partial charge in [0.25, 0.3) is 0 Å². The minimum Gasteiger partial charge on any atom is -0.382 e. The Morgan fingerprint density at radius 1 is 1.37 bits per heavy atom. The van der Waals surface area contributed by atoms with Crippen molar-refractivity contribution in [1.82, 2.24) is 14.4 Å². The second-order valence-electron chi connectivity index (χ2n) is 4.22. The lowest BCUT2D eigenvalue weighted by Crippen LogP contribution is -2.40. The van der Waals surface area contributed by atoms with Gasteiger partial charge in [-0.2, -0.15) is 4.37 Å². The van der Waals surface area contributed by atoms with Crippen LogP contribution in [-0.2, 0) is 4.74 Å². The fraction of sp³-hybridized carbons (Fsp3) is 0.333. The minimum atomic E-state index is 0.536. The Bertz CT molecular complexity index is 538. The molecular weight excluding hydrogens is 262 g/mol. The topological polar surface area (TPSA) is 76.3 Å². The van der Waals surface area contributed by atoms with E-state index in [-0.39, 0.29) is 0 Å². The Balaban J connectivity index is 1.86. The quantitative estimate of drug-likeness (QED) is 0.884. The second-order valence-corrected chi connectivity index (χ2v) is 5.00. The Morgan fingerprint density at radius 3 is 2.95 bits per heavy atom. The number of nitrogen functional groups attached to an aromatic ring is 1. The molecule has 6 nitrogen and oxygen atoms in total. The monoisotopic (exact) mass is 277 g/mol. The second kappa shape index (κ2) is 5.52. The van der Waals surface area contributed by atoms with E-state index in [4.69, 9.17) is 10.5 Å². The van der Waals surface area contributed by atoms with Gasteiger partial charge in [-0.05, 0) is 17.6 Å². The van der Waals surface area contributed by atoms with Crippen LogP contribution < -0.4 is 11.2 Å². The number of hydrazine groups is 1. The van der Waals surface area contributed by atoms with Gasteiger partial charge < -0.3 is 15.9 Å². The van der Waals surface area contributed by atoms with Crippen molar-refractivity contribution in [3.8, 4) is 11.1 Å². The molecule has 1 aliphatic rings. The SMILES string of the molecule is Nc1nsc(NN2CCOCC2)c1-c1cccnc1. The zero-order valence-electron chi connectivity index (χ0n) is 10.4. The van der Waals surface area contributed by atoms with Crippen LogP contribution in [0.3, 0.4) is 0 Å². The highest BCUT2D eigenvalue weighted by Crippen LogP contribution is 2.36. The molecule has 2 aromatic rings. The van der Waals surface area contributed by atoms with Crippen LogP contribution >= 0.6 is 11.5 Å². The first kappa shape index (κ1) is 12.3. The lowest BCUT2D eigenvalue weighted by atomic mass is 10.1. The fourth-order valence-electron chi connectivity index (χ4n) is 1.99. The molecule has 3 rings (SSSR count). The highest BCUT2D eigenvalue weighted by molar-refractivity contribution is 7.11. The molecular formula is C12H15N5OS. The van der Waals surface area contributed by atoms with Crippen LogP contribution in [0.1, 0.15) is 0 Å². The summed E-state index contributed by atoms with van der Waals surface area (Å²) < 4.78 is 9.56. The maximum atomic E-state index is 5.97. The van der Waals surface area contributed by atoms with Gasteiger partial charge in [0.1, 0.15) is 10.8 Å². The molecule has 3 N–H and O–H groups in total. The molecule has 0 amide bonds. The smallest absolute Gasteiger partial charge is 0.147 e. The van der Waals surface area contributed by atoms with Crippen molar-refractivity contribution in [2.75, 3.05) is 37.5 Å². The lowest BCUT2D eigenvalue weighted by Gasteiger charge is -2.27. The normalized spacial score (nSPS) is 16.4. The van der Waals surface area contributed by atoms with Crippen molar-refractivity contribution in [2.24, 2.45) is 0 Å². The molecule has 0 saturated carbocycles. The van der Waals surface area contributed by atoms with Gasteiger partial charge in [-0.25, -0.2) is 5.01 Å². The highest BCUT2D eigenvalue weighted by Gasteiger charge is 2.17. The first-order valence-electron chi connectivity index (χ1n) is 6.09. The number of aromatic nitrogens is 2.